The first kappa shape index (κ1) is 20.4. The molecule has 1 fully saturated rings. The molecule has 142 valence electrons. The maximum Gasteiger partial charge on any atom is 0.258 e. The van der Waals surface area contributed by atoms with Crippen LogP contribution in [0.1, 0.15) is 19.2 Å². The Bertz CT molecular complexity index is 788. The van der Waals surface area contributed by atoms with E-state index >= 15 is 0 Å². The molecule has 2 heterocycles. The number of halogens is 1. The minimum absolute atomic E-state index is 0. The molecule has 0 radical (unpaired) electrons. The van der Waals surface area contributed by atoms with Gasteiger partial charge in [0.1, 0.15) is 5.82 Å². The van der Waals surface area contributed by atoms with Crippen molar-refractivity contribution in [1.82, 2.24) is 25.1 Å². The second kappa shape index (κ2) is 9.66. The number of benzene rings is 1. The minimum atomic E-state index is -0.117. The van der Waals surface area contributed by atoms with E-state index in [4.69, 9.17) is 0 Å². The van der Waals surface area contributed by atoms with Gasteiger partial charge in [-0.2, -0.15) is 0 Å². The first-order valence-corrected chi connectivity index (χ1v) is 8.86. The predicted molar refractivity (Wildman–Crippen MR) is 105 cm³/mol. The van der Waals surface area contributed by atoms with Crippen molar-refractivity contribution in [3.8, 4) is 0 Å². The number of nitrogens with one attached hydrogen (secondary N) is 2. The number of amides is 1. The number of rotatable bonds is 6. The number of carbonyl (C=O) groups is 1. The average Bonchev–Trinajstić information content (AvgIpc) is 2.65. The second-order valence-electron chi connectivity index (χ2n) is 6.28. The summed E-state index contributed by atoms with van der Waals surface area (Å²) in [5, 5.41) is 3.85. The van der Waals surface area contributed by atoms with Gasteiger partial charge < -0.3 is 15.2 Å². The predicted octanol–water partition coefficient (Wildman–Crippen LogP) is 0.989. The average molecular weight is 380 g/mol. The molecular weight excluding hydrogens is 354 g/mol. The van der Waals surface area contributed by atoms with Crippen molar-refractivity contribution in [3.05, 3.63) is 40.4 Å². The molecule has 2 N–H and O–H groups in total. The SMILES string of the molecule is CCN(CCC(=O)N1CCNCC1)Cc1nc2ccccc2c(=O)[nH]1.Cl. The number of aromatic amines is 1. The van der Waals surface area contributed by atoms with E-state index in [0.29, 0.717) is 36.2 Å². The number of para-hydroxylation sites is 1. The second-order valence-corrected chi connectivity index (χ2v) is 6.28. The van der Waals surface area contributed by atoms with Gasteiger partial charge in [-0.25, -0.2) is 4.98 Å². The molecule has 8 heteroatoms. The number of fused-ring (bicyclic) bond motifs is 1. The summed E-state index contributed by atoms with van der Waals surface area (Å²) in [6.07, 6.45) is 0.492. The molecule has 1 aliphatic rings. The van der Waals surface area contributed by atoms with E-state index in [1.54, 1.807) is 6.07 Å². The van der Waals surface area contributed by atoms with Gasteiger partial charge in [0.25, 0.3) is 5.56 Å². The number of carbonyl (C=O) groups excluding carboxylic acids is 1. The zero-order valence-electron chi connectivity index (χ0n) is 15.0. The van der Waals surface area contributed by atoms with Gasteiger partial charge >= 0.3 is 0 Å². The Morgan fingerprint density at radius 3 is 2.73 bits per heavy atom. The van der Waals surface area contributed by atoms with Crippen molar-refractivity contribution in [2.24, 2.45) is 0 Å². The molecule has 2 aromatic rings. The van der Waals surface area contributed by atoms with Gasteiger partial charge in [-0.1, -0.05) is 19.1 Å². The maximum absolute atomic E-state index is 12.3. The molecule has 1 aliphatic heterocycles. The smallest absolute Gasteiger partial charge is 0.258 e. The molecule has 1 aromatic carbocycles. The Hall–Kier alpha value is -1.96. The fourth-order valence-corrected chi connectivity index (χ4v) is 3.10. The van der Waals surface area contributed by atoms with Gasteiger partial charge in [-0.05, 0) is 18.7 Å². The summed E-state index contributed by atoms with van der Waals surface area (Å²) in [5.41, 5.74) is 0.586. The van der Waals surface area contributed by atoms with E-state index in [9.17, 15) is 9.59 Å². The third-order valence-electron chi connectivity index (χ3n) is 4.59. The summed E-state index contributed by atoms with van der Waals surface area (Å²) in [6, 6.07) is 7.33. The number of piperazine rings is 1. The largest absolute Gasteiger partial charge is 0.340 e. The van der Waals surface area contributed by atoms with E-state index < -0.39 is 0 Å². The molecule has 0 bridgehead atoms. The highest BCUT2D eigenvalue weighted by atomic mass is 35.5. The van der Waals surface area contributed by atoms with Gasteiger partial charge in [0.05, 0.1) is 17.4 Å². The van der Waals surface area contributed by atoms with Crippen LogP contribution in [-0.4, -0.2) is 64.9 Å². The molecule has 0 aliphatic carbocycles. The summed E-state index contributed by atoms with van der Waals surface area (Å²) in [4.78, 5) is 35.9. The lowest BCUT2D eigenvalue weighted by molar-refractivity contribution is -0.132. The first-order chi connectivity index (χ1) is 12.2. The van der Waals surface area contributed by atoms with Crippen molar-refractivity contribution < 1.29 is 4.79 Å². The van der Waals surface area contributed by atoms with E-state index in [-0.39, 0.29) is 23.9 Å². The lowest BCUT2D eigenvalue weighted by Crippen LogP contribution is -2.47. The van der Waals surface area contributed by atoms with Crippen molar-refractivity contribution in [1.29, 1.82) is 0 Å². The van der Waals surface area contributed by atoms with Gasteiger partial charge in [0.15, 0.2) is 0 Å². The fraction of sp³-hybridized carbons (Fsp3) is 0.500. The Kier molecular flexibility index (Phi) is 7.56. The van der Waals surface area contributed by atoms with Crippen LogP contribution in [-0.2, 0) is 11.3 Å². The number of aromatic nitrogens is 2. The zero-order chi connectivity index (χ0) is 17.6. The normalized spacial score (nSPS) is 14.5. The van der Waals surface area contributed by atoms with Crippen LogP contribution < -0.4 is 10.9 Å². The lowest BCUT2D eigenvalue weighted by Gasteiger charge is -2.28. The number of nitrogens with zero attached hydrogens (tertiary/aromatic N) is 3. The topological polar surface area (TPSA) is 81.3 Å². The fourth-order valence-electron chi connectivity index (χ4n) is 3.10. The number of hydrogen-bond donors (Lipinski definition) is 2. The van der Waals surface area contributed by atoms with Crippen molar-refractivity contribution in [2.45, 2.75) is 19.9 Å². The Labute approximate surface area is 159 Å². The molecule has 0 unspecified atom stereocenters. The Balaban J connectivity index is 0.00000243. The van der Waals surface area contributed by atoms with Crippen LogP contribution in [0.15, 0.2) is 29.1 Å². The molecule has 3 rings (SSSR count). The van der Waals surface area contributed by atoms with E-state index in [1.165, 1.54) is 0 Å². The first-order valence-electron chi connectivity index (χ1n) is 8.86. The minimum Gasteiger partial charge on any atom is -0.340 e. The molecule has 26 heavy (non-hydrogen) atoms. The van der Waals surface area contributed by atoms with E-state index in [1.807, 2.05) is 23.1 Å². The summed E-state index contributed by atoms with van der Waals surface area (Å²) >= 11 is 0. The maximum atomic E-state index is 12.3. The highest BCUT2D eigenvalue weighted by Gasteiger charge is 2.17. The van der Waals surface area contributed by atoms with Crippen molar-refractivity contribution >= 4 is 29.2 Å². The van der Waals surface area contributed by atoms with E-state index in [2.05, 4.69) is 27.1 Å². The summed E-state index contributed by atoms with van der Waals surface area (Å²) in [7, 11) is 0. The van der Waals surface area contributed by atoms with Gasteiger partial charge in [-0.3, -0.25) is 14.5 Å². The molecule has 0 saturated carbocycles. The van der Waals surface area contributed by atoms with Gasteiger partial charge in [0, 0.05) is 39.1 Å². The quantitative estimate of drug-likeness (QED) is 0.782. The molecular formula is C18H26ClN5O2. The third kappa shape index (κ3) is 5.03. The van der Waals surface area contributed by atoms with Crippen LogP contribution in [0, 0.1) is 0 Å². The molecule has 0 atom stereocenters. The van der Waals surface area contributed by atoms with Crippen LogP contribution >= 0.6 is 12.4 Å². The molecule has 1 aromatic heterocycles. The Morgan fingerprint density at radius 2 is 2.00 bits per heavy atom. The Morgan fingerprint density at radius 1 is 1.27 bits per heavy atom. The monoisotopic (exact) mass is 379 g/mol. The number of hydrogen-bond acceptors (Lipinski definition) is 5. The van der Waals surface area contributed by atoms with Crippen molar-refractivity contribution in [2.75, 3.05) is 39.3 Å². The van der Waals surface area contributed by atoms with Crippen molar-refractivity contribution in [3.63, 3.8) is 0 Å². The van der Waals surface area contributed by atoms with Crippen LogP contribution in [0.5, 0.6) is 0 Å². The highest BCUT2D eigenvalue weighted by molar-refractivity contribution is 5.85. The van der Waals surface area contributed by atoms with Crippen LogP contribution in [0.2, 0.25) is 0 Å². The third-order valence-corrected chi connectivity index (χ3v) is 4.59. The summed E-state index contributed by atoms with van der Waals surface area (Å²) in [6.45, 7) is 7.34. The lowest BCUT2D eigenvalue weighted by atomic mass is 10.2. The molecule has 1 saturated heterocycles. The van der Waals surface area contributed by atoms with Crippen LogP contribution in [0.4, 0.5) is 0 Å². The van der Waals surface area contributed by atoms with Gasteiger partial charge in [0.2, 0.25) is 5.91 Å². The van der Waals surface area contributed by atoms with Crippen LogP contribution in [0.25, 0.3) is 10.9 Å². The summed E-state index contributed by atoms with van der Waals surface area (Å²) in [5.74, 6) is 0.833. The summed E-state index contributed by atoms with van der Waals surface area (Å²) < 4.78 is 0. The van der Waals surface area contributed by atoms with E-state index in [0.717, 1.165) is 32.7 Å². The number of H-pyrrole nitrogens is 1. The van der Waals surface area contributed by atoms with Gasteiger partial charge in [-0.15, -0.1) is 12.4 Å². The molecule has 7 nitrogen and oxygen atoms in total. The molecule has 1 amide bonds. The van der Waals surface area contributed by atoms with Crippen LogP contribution in [0.3, 0.4) is 0 Å². The standard InChI is InChI=1S/C18H25N5O2.ClH/c1-2-22(10-7-17(24)23-11-8-19-9-12-23)13-16-20-15-6-4-3-5-14(15)18(25)21-16;/h3-6,19H,2,7-13H2,1H3,(H,20,21,25);1H. The molecule has 0 spiro atoms. The highest BCUT2D eigenvalue weighted by Crippen LogP contribution is 2.08. The zero-order valence-corrected chi connectivity index (χ0v) is 15.8.